The lowest BCUT2D eigenvalue weighted by Gasteiger charge is -2.21. The molecule has 0 amide bonds. The molecule has 0 aromatic carbocycles. The Hall–Kier alpha value is -2.09. The van der Waals surface area contributed by atoms with E-state index in [-0.39, 0.29) is 11.9 Å². The highest BCUT2D eigenvalue weighted by Gasteiger charge is 2.16. The molecular formula is C12H15N3O2. The summed E-state index contributed by atoms with van der Waals surface area (Å²) in [5.41, 5.74) is 0.549. The molecule has 0 aliphatic heterocycles. The van der Waals surface area contributed by atoms with Gasteiger partial charge in [0.25, 0.3) is 0 Å². The number of nitriles is 1. The number of ether oxygens (including phenoxy) is 1. The average molecular weight is 233 g/mol. The summed E-state index contributed by atoms with van der Waals surface area (Å²) in [5, 5.41) is 8.78. The van der Waals surface area contributed by atoms with Gasteiger partial charge in [-0.05, 0) is 12.1 Å². The molecule has 17 heavy (non-hydrogen) atoms. The van der Waals surface area contributed by atoms with E-state index in [0.29, 0.717) is 17.9 Å². The second kappa shape index (κ2) is 5.85. The van der Waals surface area contributed by atoms with Gasteiger partial charge in [0, 0.05) is 19.8 Å². The molecule has 0 saturated carbocycles. The third-order valence-electron chi connectivity index (χ3n) is 2.42. The number of nitrogens with zero attached hydrogens (tertiary/aromatic N) is 3. The van der Waals surface area contributed by atoms with Crippen molar-refractivity contribution in [3.8, 4) is 6.07 Å². The van der Waals surface area contributed by atoms with E-state index in [1.54, 1.807) is 25.3 Å². The van der Waals surface area contributed by atoms with Crippen LogP contribution < -0.4 is 4.90 Å². The molecular weight excluding hydrogens is 218 g/mol. The number of aromatic nitrogens is 1. The molecule has 0 spiro atoms. The van der Waals surface area contributed by atoms with Crippen molar-refractivity contribution < 1.29 is 9.53 Å². The second-order valence-corrected chi connectivity index (χ2v) is 3.82. The summed E-state index contributed by atoms with van der Waals surface area (Å²) < 4.78 is 4.66. The average Bonchev–Trinajstić information content (AvgIpc) is 2.37. The molecule has 1 aromatic heterocycles. The molecule has 1 atom stereocenters. The van der Waals surface area contributed by atoms with Crippen LogP contribution >= 0.6 is 0 Å². The molecule has 0 N–H and O–H groups in total. The Bertz CT molecular complexity index is 440. The van der Waals surface area contributed by atoms with Crippen LogP contribution in [0.2, 0.25) is 0 Å². The minimum Gasteiger partial charge on any atom is -0.469 e. The van der Waals surface area contributed by atoms with Gasteiger partial charge in [0.1, 0.15) is 5.82 Å². The third kappa shape index (κ3) is 3.45. The van der Waals surface area contributed by atoms with Crippen LogP contribution in [0.15, 0.2) is 18.3 Å². The maximum absolute atomic E-state index is 11.3. The van der Waals surface area contributed by atoms with Crippen molar-refractivity contribution in [2.24, 2.45) is 5.92 Å². The topological polar surface area (TPSA) is 66.2 Å². The Morgan fingerprint density at radius 3 is 3.00 bits per heavy atom. The normalized spacial score (nSPS) is 11.4. The minimum atomic E-state index is -0.256. The molecule has 1 heterocycles. The first-order valence-corrected chi connectivity index (χ1v) is 5.23. The Morgan fingerprint density at radius 1 is 1.71 bits per heavy atom. The summed E-state index contributed by atoms with van der Waals surface area (Å²) in [6.45, 7) is 2.28. The number of pyridine rings is 1. The SMILES string of the molecule is COC(=O)[C@H](C)CN(C)c1cc(C#N)ccn1. The number of carbonyl (C=O) groups is 1. The van der Waals surface area contributed by atoms with Crippen molar-refractivity contribution >= 4 is 11.8 Å². The Balaban J connectivity index is 2.73. The van der Waals surface area contributed by atoms with Gasteiger partial charge in [0.05, 0.1) is 24.7 Å². The summed E-state index contributed by atoms with van der Waals surface area (Å²) in [7, 11) is 3.19. The molecule has 0 bridgehead atoms. The zero-order valence-corrected chi connectivity index (χ0v) is 10.2. The van der Waals surface area contributed by atoms with Gasteiger partial charge in [-0.25, -0.2) is 4.98 Å². The maximum atomic E-state index is 11.3. The molecule has 0 aliphatic carbocycles. The first-order valence-electron chi connectivity index (χ1n) is 5.23. The quantitative estimate of drug-likeness (QED) is 0.731. The molecule has 5 heteroatoms. The van der Waals surface area contributed by atoms with Crippen LogP contribution in [0.1, 0.15) is 12.5 Å². The van der Waals surface area contributed by atoms with Gasteiger partial charge >= 0.3 is 5.97 Å². The Kier molecular flexibility index (Phi) is 4.46. The molecule has 5 nitrogen and oxygen atoms in total. The molecule has 0 aliphatic rings. The highest BCUT2D eigenvalue weighted by Crippen LogP contribution is 2.12. The number of hydrogen-bond donors (Lipinski definition) is 0. The van der Waals surface area contributed by atoms with E-state index >= 15 is 0 Å². The van der Waals surface area contributed by atoms with Crippen molar-refractivity contribution in [1.82, 2.24) is 4.98 Å². The van der Waals surface area contributed by atoms with Crippen molar-refractivity contribution in [3.05, 3.63) is 23.9 Å². The lowest BCUT2D eigenvalue weighted by molar-refractivity contribution is -0.144. The van der Waals surface area contributed by atoms with Crippen LogP contribution in [0.3, 0.4) is 0 Å². The Morgan fingerprint density at radius 2 is 2.41 bits per heavy atom. The van der Waals surface area contributed by atoms with Gasteiger partial charge < -0.3 is 9.64 Å². The van der Waals surface area contributed by atoms with E-state index in [4.69, 9.17) is 5.26 Å². The number of carbonyl (C=O) groups excluding carboxylic acids is 1. The first kappa shape index (κ1) is 13.0. The predicted molar refractivity (Wildman–Crippen MR) is 63.4 cm³/mol. The number of esters is 1. The van der Waals surface area contributed by atoms with Crippen LogP contribution in [0.4, 0.5) is 5.82 Å². The van der Waals surface area contributed by atoms with Gasteiger partial charge in [-0.2, -0.15) is 5.26 Å². The summed E-state index contributed by atoms with van der Waals surface area (Å²) >= 11 is 0. The molecule has 0 unspecified atom stereocenters. The number of methoxy groups -OCH3 is 1. The molecule has 0 radical (unpaired) electrons. The number of rotatable bonds is 4. The van der Waals surface area contributed by atoms with Crippen LogP contribution in [0, 0.1) is 17.2 Å². The lowest BCUT2D eigenvalue weighted by atomic mass is 10.1. The zero-order chi connectivity index (χ0) is 12.8. The third-order valence-corrected chi connectivity index (χ3v) is 2.42. The highest BCUT2D eigenvalue weighted by atomic mass is 16.5. The van der Waals surface area contributed by atoms with Crippen molar-refractivity contribution in [2.75, 3.05) is 25.6 Å². The fourth-order valence-corrected chi connectivity index (χ4v) is 1.48. The van der Waals surface area contributed by atoms with E-state index < -0.39 is 0 Å². The van der Waals surface area contributed by atoms with E-state index in [1.807, 2.05) is 11.9 Å². The van der Waals surface area contributed by atoms with Crippen molar-refractivity contribution in [3.63, 3.8) is 0 Å². The molecule has 1 aromatic rings. The fourth-order valence-electron chi connectivity index (χ4n) is 1.48. The van der Waals surface area contributed by atoms with Gasteiger partial charge in [0.2, 0.25) is 0 Å². The highest BCUT2D eigenvalue weighted by molar-refractivity contribution is 5.72. The van der Waals surface area contributed by atoms with Gasteiger partial charge in [0.15, 0.2) is 0 Å². The largest absolute Gasteiger partial charge is 0.469 e. The van der Waals surface area contributed by atoms with Gasteiger partial charge in [-0.15, -0.1) is 0 Å². The van der Waals surface area contributed by atoms with Crippen LogP contribution in [0.25, 0.3) is 0 Å². The standard InChI is InChI=1S/C12H15N3O2/c1-9(12(16)17-3)8-15(2)11-6-10(7-13)4-5-14-11/h4-6,9H,8H2,1-3H3/t9-/m1/s1. The summed E-state index contributed by atoms with van der Waals surface area (Å²) in [6, 6.07) is 5.38. The molecule has 0 fully saturated rings. The fraction of sp³-hybridized carbons (Fsp3) is 0.417. The first-order chi connectivity index (χ1) is 8.08. The van der Waals surface area contributed by atoms with Crippen LogP contribution in [-0.4, -0.2) is 31.7 Å². The maximum Gasteiger partial charge on any atom is 0.310 e. The zero-order valence-electron chi connectivity index (χ0n) is 10.2. The Labute approximate surface area is 101 Å². The van der Waals surface area contributed by atoms with E-state index in [2.05, 4.69) is 15.8 Å². The molecule has 0 saturated heterocycles. The second-order valence-electron chi connectivity index (χ2n) is 3.82. The number of hydrogen-bond acceptors (Lipinski definition) is 5. The summed E-state index contributed by atoms with van der Waals surface area (Å²) in [4.78, 5) is 17.3. The van der Waals surface area contributed by atoms with Crippen molar-refractivity contribution in [2.45, 2.75) is 6.92 Å². The minimum absolute atomic E-state index is 0.238. The van der Waals surface area contributed by atoms with Crippen LogP contribution in [0.5, 0.6) is 0 Å². The van der Waals surface area contributed by atoms with Gasteiger partial charge in [-0.3, -0.25) is 4.79 Å². The summed E-state index contributed by atoms with van der Waals surface area (Å²) in [6.07, 6.45) is 1.58. The van der Waals surface area contributed by atoms with E-state index in [1.165, 1.54) is 7.11 Å². The summed E-state index contributed by atoms with van der Waals surface area (Å²) in [5.74, 6) is 0.172. The van der Waals surface area contributed by atoms with E-state index in [0.717, 1.165) is 0 Å². The number of anilines is 1. The van der Waals surface area contributed by atoms with Crippen molar-refractivity contribution in [1.29, 1.82) is 5.26 Å². The molecule has 90 valence electrons. The lowest BCUT2D eigenvalue weighted by Crippen LogP contribution is -2.29. The monoisotopic (exact) mass is 233 g/mol. The van der Waals surface area contributed by atoms with Gasteiger partial charge in [-0.1, -0.05) is 6.92 Å². The predicted octanol–water partition coefficient (Wildman–Crippen LogP) is 1.20. The smallest absolute Gasteiger partial charge is 0.310 e. The molecule has 1 rings (SSSR count). The van der Waals surface area contributed by atoms with Crippen LogP contribution in [-0.2, 0) is 9.53 Å². The van der Waals surface area contributed by atoms with E-state index in [9.17, 15) is 4.79 Å².